The molecule has 1 aliphatic carbocycles. The van der Waals surface area contributed by atoms with Crippen molar-refractivity contribution >= 4 is 11.6 Å². The Labute approximate surface area is 196 Å². The fraction of sp³-hybridized carbons (Fsp3) is 0.652. The zero-order chi connectivity index (χ0) is 23.9. The normalized spacial score (nSPS) is 33.0. The topological polar surface area (TPSA) is 101 Å². The predicted octanol–water partition coefficient (Wildman–Crippen LogP) is 2.03. The van der Waals surface area contributed by atoms with E-state index in [1.54, 1.807) is 12.1 Å². The van der Waals surface area contributed by atoms with Crippen molar-refractivity contribution in [1.82, 2.24) is 21.1 Å². The monoisotopic (exact) mass is 478 g/mol. The summed E-state index contributed by atoms with van der Waals surface area (Å²) in [6.07, 6.45) is -1.94. The maximum atomic E-state index is 13.6. The van der Waals surface area contributed by atoms with Crippen LogP contribution in [0.3, 0.4) is 0 Å². The van der Waals surface area contributed by atoms with Gasteiger partial charge in [0.25, 0.3) is 0 Å². The molecule has 184 valence electrons. The van der Waals surface area contributed by atoms with E-state index >= 15 is 0 Å². The van der Waals surface area contributed by atoms with Crippen LogP contribution >= 0.6 is 0 Å². The van der Waals surface area contributed by atoms with E-state index in [0.717, 1.165) is 19.3 Å². The van der Waals surface area contributed by atoms with Crippen LogP contribution in [0.2, 0.25) is 0 Å². The molecule has 1 amide bonds. The second-order valence-corrected chi connectivity index (χ2v) is 9.54. The smallest absolute Gasteiger partial charge is 0.380 e. The van der Waals surface area contributed by atoms with Crippen LogP contribution in [0.1, 0.15) is 37.3 Å². The van der Waals surface area contributed by atoms with Crippen LogP contribution in [0.5, 0.6) is 0 Å². The molecule has 3 heterocycles. The molecule has 11 heteroatoms. The summed E-state index contributed by atoms with van der Waals surface area (Å²) >= 11 is 0. The molecule has 8 nitrogen and oxygen atoms in total. The number of anilines is 1. The molecule has 0 spiro atoms. The number of carbonyl (C=O) groups excluding carboxylic acids is 1. The van der Waals surface area contributed by atoms with Crippen molar-refractivity contribution in [3.05, 3.63) is 29.8 Å². The standard InChI is InChI=1S/C23H29F3N6O2/c24-23(25,26)20(29-15-5-6-15)13-1-3-16(4-2-13)30-21-19-17(7-9-28-22(19)33)32(31-21)18-12-34-10-8-14(18)11-27/h1-4,14-15,17-21,29-31H,5-10,12H2,(H,28,33)/t14-,17?,18+,19?,20?,21?/m1/s1. The summed E-state index contributed by atoms with van der Waals surface area (Å²) in [5, 5.41) is 20.5. The molecule has 34 heavy (non-hydrogen) atoms. The van der Waals surface area contributed by atoms with E-state index in [4.69, 9.17) is 4.74 Å². The van der Waals surface area contributed by atoms with E-state index in [2.05, 4.69) is 27.4 Å². The fourth-order valence-electron chi connectivity index (χ4n) is 5.27. The number of amides is 1. The summed E-state index contributed by atoms with van der Waals surface area (Å²) in [4.78, 5) is 12.8. The van der Waals surface area contributed by atoms with Crippen molar-refractivity contribution in [1.29, 1.82) is 5.26 Å². The summed E-state index contributed by atoms with van der Waals surface area (Å²) in [5.41, 5.74) is 4.16. The van der Waals surface area contributed by atoms with E-state index in [1.807, 2.05) is 5.01 Å². The van der Waals surface area contributed by atoms with E-state index in [9.17, 15) is 23.2 Å². The molecule has 6 atom stereocenters. The van der Waals surface area contributed by atoms with Gasteiger partial charge in [-0.25, -0.2) is 10.4 Å². The van der Waals surface area contributed by atoms with E-state index in [-0.39, 0.29) is 35.5 Å². The van der Waals surface area contributed by atoms with Gasteiger partial charge in [0.1, 0.15) is 12.2 Å². The lowest BCUT2D eigenvalue weighted by Gasteiger charge is -2.39. The summed E-state index contributed by atoms with van der Waals surface area (Å²) in [5.74, 6) is -0.700. The molecular weight excluding hydrogens is 449 g/mol. The van der Waals surface area contributed by atoms with Crippen LogP contribution in [0.15, 0.2) is 24.3 Å². The van der Waals surface area contributed by atoms with Gasteiger partial charge in [-0.15, -0.1) is 0 Å². The number of halogens is 3. The number of hydrogen-bond donors (Lipinski definition) is 4. The number of benzene rings is 1. The molecule has 3 aliphatic heterocycles. The second-order valence-electron chi connectivity index (χ2n) is 9.54. The number of nitriles is 1. The number of hydrogen-bond acceptors (Lipinski definition) is 7. The van der Waals surface area contributed by atoms with Gasteiger partial charge in [0.15, 0.2) is 0 Å². The zero-order valence-corrected chi connectivity index (χ0v) is 18.6. The van der Waals surface area contributed by atoms with Crippen molar-refractivity contribution < 1.29 is 22.7 Å². The molecule has 1 aromatic rings. The average molecular weight is 479 g/mol. The zero-order valence-electron chi connectivity index (χ0n) is 18.6. The van der Waals surface area contributed by atoms with Crippen LogP contribution in [0.25, 0.3) is 0 Å². The molecule has 5 rings (SSSR count). The average Bonchev–Trinajstić information content (AvgIpc) is 3.57. The van der Waals surface area contributed by atoms with Crippen LogP contribution < -0.4 is 21.4 Å². The van der Waals surface area contributed by atoms with Crippen LogP contribution in [-0.4, -0.2) is 61.1 Å². The van der Waals surface area contributed by atoms with Gasteiger partial charge in [0, 0.05) is 30.9 Å². The van der Waals surface area contributed by atoms with Gasteiger partial charge in [0.05, 0.1) is 30.6 Å². The number of fused-ring (bicyclic) bond motifs is 1. The summed E-state index contributed by atoms with van der Waals surface area (Å²) in [6, 6.07) is 6.49. The highest BCUT2D eigenvalue weighted by atomic mass is 19.4. The van der Waals surface area contributed by atoms with Gasteiger partial charge in [-0.3, -0.25) is 10.1 Å². The summed E-state index contributed by atoms with van der Waals surface area (Å²) in [7, 11) is 0. The molecule has 4 unspecified atom stereocenters. The van der Waals surface area contributed by atoms with Crippen LogP contribution in [0.4, 0.5) is 18.9 Å². The van der Waals surface area contributed by atoms with Gasteiger partial charge in [-0.2, -0.15) is 18.4 Å². The van der Waals surface area contributed by atoms with Crippen molar-refractivity contribution in [3.8, 4) is 6.07 Å². The number of carbonyl (C=O) groups is 1. The number of alkyl halides is 3. The Hall–Kier alpha value is -2.39. The number of nitrogens with zero attached hydrogens (tertiary/aromatic N) is 2. The van der Waals surface area contributed by atoms with E-state index in [0.29, 0.717) is 31.9 Å². The highest BCUT2D eigenvalue weighted by molar-refractivity contribution is 5.82. The van der Waals surface area contributed by atoms with Crippen molar-refractivity contribution in [3.63, 3.8) is 0 Å². The van der Waals surface area contributed by atoms with E-state index < -0.39 is 24.3 Å². The first kappa shape index (κ1) is 23.4. The van der Waals surface area contributed by atoms with Gasteiger partial charge >= 0.3 is 6.18 Å². The minimum atomic E-state index is -4.38. The lowest BCUT2D eigenvalue weighted by Crippen LogP contribution is -2.56. The van der Waals surface area contributed by atoms with Crippen LogP contribution in [-0.2, 0) is 9.53 Å². The summed E-state index contributed by atoms with van der Waals surface area (Å²) < 4.78 is 46.3. The van der Waals surface area contributed by atoms with E-state index in [1.165, 1.54) is 12.1 Å². The first-order valence-corrected chi connectivity index (χ1v) is 11.8. The first-order chi connectivity index (χ1) is 16.3. The molecule has 4 N–H and O–H groups in total. The Morgan fingerprint density at radius 2 is 1.91 bits per heavy atom. The third-order valence-electron chi connectivity index (χ3n) is 7.18. The molecular formula is C23H29F3N6O2. The molecule has 4 fully saturated rings. The molecule has 3 saturated heterocycles. The minimum absolute atomic E-state index is 0.0825. The van der Waals surface area contributed by atoms with Gasteiger partial charge in [0.2, 0.25) is 5.91 Å². The van der Waals surface area contributed by atoms with Crippen molar-refractivity contribution in [2.75, 3.05) is 25.1 Å². The van der Waals surface area contributed by atoms with Crippen LogP contribution in [0, 0.1) is 23.2 Å². The molecule has 1 aromatic carbocycles. The predicted molar refractivity (Wildman–Crippen MR) is 117 cm³/mol. The largest absolute Gasteiger partial charge is 0.407 e. The number of ether oxygens (including phenoxy) is 1. The Balaban J connectivity index is 1.33. The highest BCUT2D eigenvalue weighted by Gasteiger charge is 2.51. The first-order valence-electron chi connectivity index (χ1n) is 11.8. The SMILES string of the molecule is N#C[C@H]1CCOC[C@@H]1N1NC(Nc2ccc(C(NC3CC3)C(F)(F)F)cc2)C2C(=O)NCCC21. The Morgan fingerprint density at radius 1 is 1.15 bits per heavy atom. The Bertz CT molecular complexity index is 932. The number of rotatable bonds is 6. The number of piperidine rings is 1. The molecule has 0 aromatic heterocycles. The van der Waals surface area contributed by atoms with Gasteiger partial charge < -0.3 is 15.4 Å². The lowest BCUT2D eigenvalue weighted by molar-refractivity contribution is -0.158. The number of hydrazine groups is 1. The third kappa shape index (κ3) is 4.73. The maximum absolute atomic E-state index is 13.6. The molecule has 4 aliphatic rings. The minimum Gasteiger partial charge on any atom is -0.380 e. The quantitative estimate of drug-likeness (QED) is 0.496. The van der Waals surface area contributed by atoms with Crippen molar-refractivity contribution in [2.24, 2.45) is 11.8 Å². The second kappa shape index (κ2) is 9.34. The Kier molecular flexibility index (Phi) is 6.41. The fourth-order valence-corrected chi connectivity index (χ4v) is 5.27. The molecule has 1 saturated carbocycles. The van der Waals surface area contributed by atoms with Gasteiger partial charge in [-0.05, 0) is 43.4 Å². The maximum Gasteiger partial charge on any atom is 0.407 e. The number of nitrogens with one attached hydrogen (secondary N) is 4. The highest BCUT2D eigenvalue weighted by Crippen LogP contribution is 2.37. The van der Waals surface area contributed by atoms with Crippen molar-refractivity contribution in [2.45, 2.75) is 62.2 Å². The molecule has 0 bridgehead atoms. The van der Waals surface area contributed by atoms with Gasteiger partial charge in [-0.1, -0.05) is 12.1 Å². The summed E-state index contributed by atoms with van der Waals surface area (Å²) in [6.45, 7) is 1.50. The third-order valence-corrected chi connectivity index (χ3v) is 7.18. The molecule has 0 radical (unpaired) electrons. The Morgan fingerprint density at radius 3 is 2.59 bits per heavy atom. The lowest BCUT2D eigenvalue weighted by atomic mass is 9.88.